The topological polar surface area (TPSA) is 27.7 Å². The lowest BCUT2D eigenvalue weighted by Crippen LogP contribution is -2.47. The molecule has 2 unspecified atom stereocenters. The predicted octanol–water partition coefficient (Wildman–Crippen LogP) is 0.289. The Morgan fingerprint density at radius 3 is 2.29 bits per heavy atom. The number of alkyl halides is 3. The summed E-state index contributed by atoms with van der Waals surface area (Å²) < 4.78 is 55.0. The van der Waals surface area contributed by atoms with Gasteiger partial charge in [0.05, 0.1) is 0 Å². The van der Waals surface area contributed by atoms with Crippen molar-refractivity contribution in [3.05, 3.63) is 12.3 Å². The first kappa shape index (κ1) is 21.7. The summed E-state index contributed by atoms with van der Waals surface area (Å²) in [5.41, 5.74) is 1.86. The standard InChI is InChI=1S/C9H27F3O3Si6/c1-6-20(4)13-16-17-15-21(5,18-14-19(2)3)8-7-9(10,11)12/h6,19-20H,1,7-8,16-18H2,2-5H3. The normalized spacial score (nSPS) is 18.5. The quantitative estimate of drug-likeness (QED) is 0.363. The summed E-state index contributed by atoms with van der Waals surface area (Å²) in [6.07, 6.45) is -4.83. The van der Waals surface area contributed by atoms with Gasteiger partial charge in [-0.1, -0.05) is 5.70 Å². The summed E-state index contributed by atoms with van der Waals surface area (Å²) in [7, 11) is -7.11. The van der Waals surface area contributed by atoms with Crippen LogP contribution in [0.15, 0.2) is 12.3 Å². The van der Waals surface area contributed by atoms with Crippen LogP contribution in [0.4, 0.5) is 13.2 Å². The van der Waals surface area contributed by atoms with E-state index in [1.54, 1.807) is 0 Å². The Hall–Kier alpha value is 0.711. The van der Waals surface area contributed by atoms with Crippen molar-refractivity contribution in [3.63, 3.8) is 0 Å². The molecule has 0 radical (unpaired) electrons. The van der Waals surface area contributed by atoms with E-state index in [0.717, 1.165) is 0 Å². The van der Waals surface area contributed by atoms with Gasteiger partial charge in [0, 0.05) is 6.42 Å². The molecule has 12 heteroatoms. The van der Waals surface area contributed by atoms with Crippen LogP contribution < -0.4 is 0 Å². The Morgan fingerprint density at radius 1 is 1.19 bits per heavy atom. The molecule has 0 aromatic heterocycles. The second kappa shape index (κ2) is 10.5. The van der Waals surface area contributed by atoms with Crippen LogP contribution in [0.2, 0.25) is 32.2 Å². The fraction of sp³-hybridized carbons (Fsp3) is 0.778. The number of hydrogen-bond donors (Lipinski definition) is 0. The van der Waals surface area contributed by atoms with Gasteiger partial charge in [-0.05, 0) is 32.2 Å². The van der Waals surface area contributed by atoms with Gasteiger partial charge in [0.25, 0.3) is 0 Å². The molecule has 0 amide bonds. The first-order chi connectivity index (χ1) is 9.58. The summed E-state index contributed by atoms with van der Waals surface area (Å²) in [6.45, 7) is 11.8. The van der Waals surface area contributed by atoms with E-state index in [1.807, 2.05) is 12.2 Å². The van der Waals surface area contributed by atoms with Crippen molar-refractivity contribution in [1.82, 2.24) is 0 Å². The van der Waals surface area contributed by atoms with Crippen molar-refractivity contribution in [2.45, 2.75) is 44.8 Å². The summed E-state index contributed by atoms with van der Waals surface area (Å²) in [6, 6.07) is 0.152. The van der Waals surface area contributed by atoms with Gasteiger partial charge >= 0.3 is 6.18 Å². The molecule has 0 N–H and O–H groups in total. The van der Waals surface area contributed by atoms with Crippen LogP contribution in [0, 0.1) is 0 Å². The van der Waals surface area contributed by atoms with Gasteiger partial charge in [0.15, 0.2) is 53.8 Å². The Balaban J connectivity index is 4.32. The molecule has 0 aromatic carbocycles. The van der Waals surface area contributed by atoms with Crippen molar-refractivity contribution in [2.24, 2.45) is 0 Å². The fourth-order valence-electron chi connectivity index (χ4n) is 1.53. The largest absolute Gasteiger partial charge is 0.463 e. The minimum Gasteiger partial charge on any atom is -0.463 e. The molecule has 0 aliphatic carbocycles. The molecule has 0 fully saturated rings. The van der Waals surface area contributed by atoms with E-state index in [-0.39, 0.29) is 6.04 Å². The zero-order valence-corrected chi connectivity index (χ0v) is 20.9. The Kier molecular flexibility index (Phi) is 10.8. The maximum absolute atomic E-state index is 12.5. The van der Waals surface area contributed by atoms with Gasteiger partial charge in [0.1, 0.15) is 0 Å². The first-order valence-corrected chi connectivity index (χ1v) is 22.9. The summed E-state index contributed by atoms with van der Waals surface area (Å²) in [4.78, 5) is 0. The lowest BCUT2D eigenvalue weighted by molar-refractivity contribution is -0.131. The van der Waals surface area contributed by atoms with Gasteiger partial charge in [-0.15, -0.1) is 6.58 Å². The maximum Gasteiger partial charge on any atom is 0.388 e. The molecule has 21 heavy (non-hydrogen) atoms. The van der Waals surface area contributed by atoms with Gasteiger partial charge < -0.3 is 12.3 Å². The highest BCUT2D eigenvalue weighted by Crippen LogP contribution is 2.26. The van der Waals surface area contributed by atoms with E-state index in [0.29, 0.717) is 0 Å². The van der Waals surface area contributed by atoms with Crippen molar-refractivity contribution in [3.8, 4) is 0 Å². The molecular weight excluding hydrogens is 382 g/mol. The van der Waals surface area contributed by atoms with E-state index >= 15 is 0 Å². The number of hydrogen-bond acceptors (Lipinski definition) is 3. The second-order valence-electron chi connectivity index (χ2n) is 5.58. The van der Waals surface area contributed by atoms with Crippen LogP contribution in [0.1, 0.15) is 6.42 Å². The third-order valence-electron chi connectivity index (χ3n) is 2.91. The molecule has 0 saturated heterocycles. The zero-order chi connectivity index (χ0) is 16.5. The van der Waals surface area contributed by atoms with Crippen LogP contribution in [-0.4, -0.2) is 59.9 Å². The Labute approximate surface area is 136 Å². The van der Waals surface area contributed by atoms with Crippen LogP contribution in [0.3, 0.4) is 0 Å². The summed E-state index contributed by atoms with van der Waals surface area (Å²) in [5.74, 6) is 0. The van der Waals surface area contributed by atoms with Gasteiger partial charge in [-0.2, -0.15) is 13.2 Å². The monoisotopic (exact) mass is 408 g/mol. The molecule has 0 aliphatic heterocycles. The lowest BCUT2D eigenvalue weighted by atomic mass is 10.5. The smallest absolute Gasteiger partial charge is 0.388 e. The Bertz CT molecular complexity index is 307. The van der Waals surface area contributed by atoms with E-state index in [1.165, 1.54) is 0 Å². The van der Waals surface area contributed by atoms with Crippen LogP contribution in [0.25, 0.3) is 0 Å². The molecule has 126 valence electrons. The third kappa shape index (κ3) is 12.9. The molecule has 0 bridgehead atoms. The molecule has 0 aromatic rings. The first-order valence-electron chi connectivity index (χ1n) is 7.14. The SMILES string of the molecule is C=C[SiH](C)O[SiH2][SiH2]O[Si](C)(CCC(F)(F)F)[SiH2]O[SiH](C)C. The molecular formula is C9H27F3O3Si6. The molecule has 0 heterocycles. The molecule has 2 atom stereocenters. The van der Waals surface area contributed by atoms with E-state index in [2.05, 4.69) is 26.2 Å². The van der Waals surface area contributed by atoms with E-state index in [9.17, 15) is 13.2 Å². The van der Waals surface area contributed by atoms with Crippen LogP contribution >= 0.6 is 0 Å². The molecule has 0 saturated carbocycles. The summed E-state index contributed by atoms with van der Waals surface area (Å²) in [5, 5.41) is 0. The Morgan fingerprint density at radius 2 is 1.81 bits per heavy atom. The minimum absolute atomic E-state index is 0.152. The highest BCUT2D eigenvalue weighted by molar-refractivity contribution is 7.22. The maximum atomic E-state index is 12.5. The summed E-state index contributed by atoms with van der Waals surface area (Å²) >= 11 is 0. The fourth-order valence-corrected chi connectivity index (χ4v) is 32.0. The van der Waals surface area contributed by atoms with Crippen molar-refractivity contribution in [2.75, 3.05) is 0 Å². The molecule has 0 spiro atoms. The second-order valence-corrected chi connectivity index (χ2v) is 25.7. The van der Waals surface area contributed by atoms with Crippen molar-refractivity contribution < 1.29 is 25.5 Å². The molecule has 0 aliphatic rings. The van der Waals surface area contributed by atoms with E-state index in [4.69, 9.17) is 12.3 Å². The van der Waals surface area contributed by atoms with E-state index < -0.39 is 66.4 Å². The van der Waals surface area contributed by atoms with Gasteiger partial charge in [-0.3, -0.25) is 0 Å². The average molecular weight is 409 g/mol. The van der Waals surface area contributed by atoms with Gasteiger partial charge in [-0.25, -0.2) is 0 Å². The van der Waals surface area contributed by atoms with Crippen molar-refractivity contribution in [1.29, 1.82) is 0 Å². The van der Waals surface area contributed by atoms with Crippen LogP contribution in [0.5, 0.6) is 0 Å². The highest BCUT2D eigenvalue weighted by atomic mass is 29.2. The molecule has 0 rings (SSSR count). The van der Waals surface area contributed by atoms with Gasteiger partial charge in [0.2, 0.25) is 0 Å². The van der Waals surface area contributed by atoms with Crippen LogP contribution in [-0.2, 0) is 12.3 Å². The molecule has 3 nitrogen and oxygen atoms in total. The third-order valence-corrected chi connectivity index (χ3v) is 26.3. The predicted molar refractivity (Wildman–Crippen MR) is 98.1 cm³/mol. The highest BCUT2D eigenvalue weighted by Gasteiger charge is 2.36. The number of halogens is 3. The van der Waals surface area contributed by atoms with Crippen molar-refractivity contribution >= 4 is 53.8 Å². The lowest BCUT2D eigenvalue weighted by Gasteiger charge is -2.29. The zero-order valence-electron chi connectivity index (χ0n) is 13.3. The minimum atomic E-state index is -4.10. The number of rotatable bonds is 11. The average Bonchev–Trinajstić information content (AvgIpc) is 2.38.